The minimum atomic E-state index is 0.920. The van der Waals surface area contributed by atoms with Crippen molar-refractivity contribution in [3.05, 3.63) is 58.8 Å². The molecule has 3 nitrogen and oxygen atoms in total. The summed E-state index contributed by atoms with van der Waals surface area (Å²) >= 11 is 3.38. The quantitative estimate of drug-likeness (QED) is 0.690. The molecule has 2 aromatic rings. The second-order valence-electron chi connectivity index (χ2n) is 3.16. The molecule has 2 rings (SSSR count). The van der Waals surface area contributed by atoms with E-state index in [9.17, 15) is 0 Å². The van der Waals surface area contributed by atoms with Gasteiger partial charge in [0.05, 0.1) is 11.9 Å². The number of hydrazone groups is 1. The Bertz CT molecular complexity index is 465. The van der Waals surface area contributed by atoms with Crippen LogP contribution in [-0.2, 0) is 0 Å². The molecule has 0 bridgehead atoms. The van der Waals surface area contributed by atoms with Crippen molar-refractivity contribution in [2.45, 2.75) is 0 Å². The highest BCUT2D eigenvalue weighted by Crippen LogP contribution is 2.09. The first kappa shape index (κ1) is 10.8. The lowest BCUT2D eigenvalue weighted by molar-refractivity contribution is 1.28. The van der Waals surface area contributed by atoms with Crippen molar-refractivity contribution in [3.63, 3.8) is 0 Å². The molecule has 1 aromatic carbocycles. The van der Waals surface area contributed by atoms with Crippen molar-refractivity contribution in [3.8, 4) is 0 Å². The van der Waals surface area contributed by atoms with Gasteiger partial charge in [-0.1, -0.05) is 28.1 Å². The van der Waals surface area contributed by atoms with E-state index in [1.54, 1.807) is 18.6 Å². The lowest BCUT2D eigenvalue weighted by atomic mass is 10.2. The SMILES string of the molecule is Brc1ccc(/C=N/Nc2ccncc2)cc1. The summed E-state index contributed by atoms with van der Waals surface area (Å²) in [6.45, 7) is 0. The average Bonchev–Trinajstić information content (AvgIpc) is 2.33. The minimum absolute atomic E-state index is 0.920. The first-order valence-electron chi connectivity index (χ1n) is 4.79. The van der Waals surface area contributed by atoms with Crippen LogP contribution in [0.5, 0.6) is 0 Å². The summed E-state index contributed by atoms with van der Waals surface area (Å²) in [7, 11) is 0. The van der Waals surface area contributed by atoms with Crippen LogP contribution < -0.4 is 5.43 Å². The predicted octanol–water partition coefficient (Wildman–Crippen LogP) is 3.29. The maximum Gasteiger partial charge on any atom is 0.0592 e. The van der Waals surface area contributed by atoms with Gasteiger partial charge in [0.25, 0.3) is 0 Å². The second kappa shape index (κ2) is 5.42. The Kier molecular flexibility index (Phi) is 3.66. The number of rotatable bonds is 3. The van der Waals surface area contributed by atoms with Crippen LogP contribution in [0.3, 0.4) is 0 Å². The first-order chi connectivity index (χ1) is 7.84. The number of hydrogen-bond donors (Lipinski definition) is 1. The van der Waals surface area contributed by atoms with Crippen molar-refractivity contribution >= 4 is 27.8 Å². The number of nitrogens with one attached hydrogen (secondary N) is 1. The van der Waals surface area contributed by atoms with Crippen molar-refractivity contribution in [1.29, 1.82) is 0 Å². The fourth-order valence-electron chi connectivity index (χ4n) is 1.16. The van der Waals surface area contributed by atoms with E-state index in [0.29, 0.717) is 0 Å². The third-order valence-electron chi connectivity index (χ3n) is 1.96. The van der Waals surface area contributed by atoms with E-state index >= 15 is 0 Å². The molecular weight excluding hydrogens is 266 g/mol. The van der Waals surface area contributed by atoms with Crippen LogP contribution in [0.1, 0.15) is 5.56 Å². The fraction of sp³-hybridized carbons (Fsp3) is 0. The molecule has 0 saturated heterocycles. The Morgan fingerprint density at radius 2 is 1.75 bits per heavy atom. The maximum absolute atomic E-state index is 4.12. The van der Waals surface area contributed by atoms with E-state index in [0.717, 1.165) is 15.7 Å². The van der Waals surface area contributed by atoms with Crippen LogP contribution in [-0.4, -0.2) is 11.2 Å². The number of pyridine rings is 1. The zero-order chi connectivity index (χ0) is 11.2. The molecule has 1 aromatic heterocycles. The fourth-order valence-corrected chi connectivity index (χ4v) is 1.42. The van der Waals surface area contributed by atoms with Crippen LogP contribution in [0.2, 0.25) is 0 Å². The van der Waals surface area contributed by atoms with Crippen LogP contribution in [0.4, 0.5) is 5.69 Å². The molecule has 0 atom stereocenters. The topological polar surface area (TPSA) is 37.3 Å². The number of halogens is 1. The van der Waals surface area contributed by atoms with Gasteiger partial charge >= 0.3 is 0 Å². The first-order valence-corrected chi connectivity index (χ1v) is 5.58. The molecule has 1 heterocycles. The van der Waals surface area contributed by atoms with E-state index < -0.39 is 0 Å². The van der Waals surface area contributed by atoms with Crippen LogP contribution in [0.25, 0.3) is 0 Å². The number of hydrogen-bond acceptors (Lipinski definition) is 3. The van der Waals surface area contributed by atoms with Crippen molar-refractivity contribution in [1.82, 2.24) is 4.98 Å². The highest BCUT2D eigenvalue weighted by Gasteiger charge is 1.88. The summed E-state index contributed by atoms with van der Waals surface area (Å²) in [5.41, 5.74) is 4.89. The molecular formula is C12H10BrN3. The highest BCUT2D eigenvalue weighted by molar-refractivity contribution is 9.10. The highest BCUT2D eigenvalue weighted by atomic mass is 79.9. The molecule has 0 unspecified atom stereocenters. The van der Waals surface area contributed by atoms with Crippen molar-refractivity contribution < 1.29 is 0 Å². The Morgan fingerprint density at radius 3 is 2.44 bits per heavy atom. The van der Waals surface area contributed by atoms with Gasteiger partial charge in [0, 0.05) is 16.9 Å². The Hall–Kier alpha value is -1.68. The van der Waals surface area contributed by atoms with Gasteiger partial charge < -0.3 is 0 Å². The summed E-state index contributed by atoms with van der Waals surface area (Å²) in [6.07, 6.45) is 5.21. The standard InChI is InChI=1S/C12H10BrN3/c13-11-3-1-10(2-4-11)9-15-16-12-5-7-14-8-6-12/h1-9H,(H,14,16)/b15-9+. The molecule has 0 aliphatic rings. The van der Waals surface area contributed by atoms with E-state index in [4.69, 9.17) is 0 Å². The van der Waals surface area contributed by atoms with Crippen LogP contribution in [0.15, 0.2) is 58.4 Å². The second-order valence-corrected chi connectivity index (χ2v) is 4.07. The Balaban J connectivity index is 1.98. The molecule has 0 amide bonds. The van der Waals surface area contributed by atoms with Crippen molar-refractivity contribution in [2.75, 3.05) is 5.43 Å². The van der Waals surface area contributed by atoms with Gasteiger partial charge in [-0.15, -0.1) is 0 Å². The van der Waals surface area contributed by atoms with Crippen LogP contribution in [0, 0.1) is 0 Å². The molecule has 0 radical (unpaired) electrons. The monoisotopic (exact) mass is 275 g/mol. The lowest BCUT2D eigenvalue weighted by Crippen LogP contribution is -1.90. The summed E-state index contributed by atoms with van der Waals surface area (Å²) in [4.78, 5) is 3.92. The van der Waals surface area contributed by atoms with Gasteiger partial charge in [0.15, 0.2) is 0 Å². The molecule has 4 heteroatoms. The lowest BCUT2D eigenvalue weighted by Gasteiger charge is -1.98. The summed E-state index contributed by atoms with van der Waals surface area (Å²) in [5.74, 6) is 0. The van der Waals surface area contributed by atoms with Crippen LogP contribution >= 0.6 is 15.9 Å². The normalized spacial score (nSPS) is 10.6. The largest absolute Gasteiger partial charge is 0.278 e. The van der Waals surface area contributed by atoms with Gasteiger partial charge in [0.2, 0.25) is 0 Å². The molecule has 0 aliphatic carbocycles. The smallest absolute Gasteiger partial charge is 0.0592 e. The molecule has 1 N–H and O–H groups in total. The average molecular weight is 276 g/mol. The maximum atomic E-state index is 4.12. The van der Waals surface area contributed by atoms with E-state index in [1.807, 2.05) is 36.4 Å². The van der Waals surface area contributed by atoms with E-state index in [1.165, 1.54) is 0 Å². The van der Waals surface area contributed by atoms with Gasteiger partial charge in [-0.25, -0.2) is 0 Å². The molecule has 0 fully saturated rings. The molecule has 0 aliphatic heterocycles. The zero-order valence-electron chi connectivity index (χ0n) is 8.47. The van der Waals surface area contributed by atoms with Gasteiger partial charge in [-0.2, -0.15) is 5.10 Å². The predicted molar refractivity (Wildman–Crippen MR) is 69.6 cm³/mol. The van der Waals surface area contributed by atoms with Crippen molar-refractivity contribution in [2.24, 2.45) is 5.10 Å². The summed E-state index contributed by atoms with van der Waals surface area (Å²) in [6, 6.07) is 11.7. The number of nitrogens with zero attached hydrogens (tertiary/aromatic N) is 2. The van der Waals surface area contributed by atoms with Gasteiger partial charge in [-0.3, -0.25) is 10.4 Å². The zero-order valence-corrected chi connectivity index (χ0v) is 10.1. The Morgan fingerprint density at radius 1 is 1.06 bits per heavy atom. The number of aromatic nitrogens is 1. The van der Waals surface area contributed by atoms with E-state index in [-0.39, 0.29) is 0 Å². The third kappa shape index (κ3) is 3.17. The number of anilines is 1. The van der Waals surface area contributed by atoms with Gasteiger partial charge in [-0.05, 0) is 29.8 Å². The molecule has 0 spiro atoms. The summed E-state index contributed by atoms with van der Waals surface area (Å²) in [5, 5.41) is 4.12. The molecule has 16 heavy (non-hydrogen) atoms. The van der Waals surface area contributed by atoms with Gasteiger partial charge in [0.1, 0.15) is 0 Å². The molecule has 0 saturated carbocycles. The third-order valence-corrected chi connectivity index (χ3v) is 2.49. The number of benzene rings is 1. The Labute approximate surface area is 102 Å². The molecule has 80 valence electrons. The summed E-state index contributed by atoms with van der Waals surface area (Å²) < 4.78 is 1.06. The van der Waals surface area contributed by atoms with E-state index in [2.05, 4.69) is 31.4 Å². The minimum Gasteiger partial charge on any atom is -0.278 e.